The van der Waals surface area contributed by atoms with Crippen LogP contribution in [0.4, 0.5) is 0 Å². The molecular weight excluding hydrogens is 252 g/mol. The van der Waals surface area contributed by atoms with Gasteiger partial charge in [-0.2, -0.15) is 0 Å². The van der Waals surface area contributed by atoms with Crippen LogP contribution in [-0.4, -0.2) is 9.96 Å². The molecule has 0 aliphatic heterocycles. The summed E-state index contributed by atoms with van der Waals surface area (Å²) in [7, 11) is -0.827. The molecule has 0 amide bonds. The lowest BCUT2D eigenvalue weighted by atomic mass is 10.2. The first-order valence-electron chi connectivity index (χ1n) is 7.43. The van der Waals surface area contributed by atoms with Crippen LogP contribution in [0, 0.1) is 0 Å². The molecule has 2 heteroatoms. The molecule has 0 aliphatic carbocycles. The monoisotopic (exact) mass is 278 g/mol. The van der Waals surface area contributed by atoms with Gasteiger partial charge < -0.3 is 0 Å². The van der Waals surface area contributed by atoms with E-state index < -0.39 is 10.8 Å². The van der Waals surface area contributed by atoms with Crippen LogP contribution in [0.25, 0.3) is 6.08 Å². The molecule has 0 saturated heterocycles. The molecule has 0 heterocycles. The number of benzene rings is 1. The zero-order valence-corrected chi connectivity index (χ0v) is 13.0. The second kappa shape index (κ2) is 9.96. The molecule has 0 aliphatic rings. The van der Waals surface area contributed by atoms with E-state index in [1.807, 2.05) is 12.1 Å². The van der Waals surface area contributed by atoms with E-state index in [4.69, 9.17) is 0 Å². The third-order valence-corrected chi connectivity index (χ3v) is 4.55. The van der Waals surface area contributed by atoms with Crippen molar-refractivity contribution in [1.29, 1.82) is 0 Å². The first-order valence-corrected chi connectivity index (χ1v) is 8.74. The van der Waals surface area contributed by atoms with Gasteiger partial charge in [0.15, 0.2) is 0 Å². The van der Waals surface area contributed by atoms with Crippen LogP contribution in [0.2, 0.25) is 0 Å². The third kappa shape index (κ3) is 6.72. The summed E-state index contributed by atoms with van der Waals surface area (Å²) < 4.78 is 12.1. The molecule has 0 N–H and O–H groups in total. The first kappa shape index (κ1) is 16.2. The molecule has 106 valence electrons. The second-order valence-corrected chi connectivity index (χ2v) is 6.44. The lowest BCUT2D eigenvalue weighted by Gasteiger charge is -2.03. The van der Waals surface area contributed by atoms with Gasteiger partial charge in [-0.25, -0.2) is 0 Å². The summed E-state index contributed by atoms with van der Waals surface area (Å²) in [5, 5.41) is 0. The maximum Gasteiger partial charge on any atom is 0.0529 e. The van der Waals surface area contributed by atoms with E-state index in [-0.39, 0.29) is 0 Å². The van der Waals surface area contributed by atoms with Gasteiger partial charge in [0.25, 0.3) is 0 Å². The Morgan fingerprint density at radius 1 is 1.00 bits per heavy atom. The maximum atomic E-state index is 12.1. The fourth-order valence-corrected chi connectivity index (χ4v) is 3.04. The van der Waals surface area contributed by atoms with E-state index >= 15 is 0 Å². The summed E-state index contributed by atoms with van der Waals surface area (Å²) in [4.78, 5) is 0.962. The van der Waals surface area contributed by atoms with Gasteiger partial charge >= 0.3 is 0 Å². The maximum absolute atomic E-state index is 12.1. The molecular formula is C17H26OS. The van der Waals surface area contributed by atoms with Crippen LogP contribution in [0.15, 0.2) is 35.2 Å². The molecule has 1 atom stereocenters. The average Bonchev–Trinajstić information content (AvgIpc) is 2.44. The van der Waals surface area contributed by atoms with E-state index in [9.17, 15) is 4.21 Å². The molecule has 1 aromatic rings. The summed E-state index contributed by atoms with van der Waals surface area (Å²) in [6, 6.07) is 8.12. The van der Waals surface area contributed by atoms with Crippen LogP contribution in [0.1, 0.15) is 57.9 Å². The van der Waals surface area contributed by atoms with Crippen LogP contribution in [0.5, 0.6) is 0 Å². The Balaban J connectivity index is 2.44. The van der Waals surface area contributed by atoms with E-state index in [2.05, 4.69) is 38.1 Å². The lowest BCUT2D eigenvalue weighted by Crippen LogP contribution is -1.98. The quantitative estimate of drug-likeness (QED) is 0.568. The fraction of sp³-hybridized carbons (Fsp3) is 0.529. The van der Waals surface area contributed by atoms with Gasteiger partial charge in [-0.3, -0.25) is 4.21 Å². The van der Waals surface area contributed by atoms with Crippen molar-refractivity contribution in [3.63, 3.8) is 0 Å². The summed E-state index contributed by atoms with van der Waals surface area (Å²) >= 11 is 0. The molecule has 0 bridgehead atoms. The molecule has 0 aromatic heterocycles. The van der Waals surface area contributed by atoms with Crippen LogP contribution in [0.3, 0.4) is 0 Å². The minimum atomic E-state index is -0.827. The zero-order chi connectivity index (χ0) is 13.9. The highest BCUT2D eigenvalue weighted by molar-refractivity contribution is 7.85. The molecule has 1 aromatic carbocycles. The Bertz CT molecular complexity index is 392. The first-order chi connectivity index (χ1) is 9.27. The van der Waals surface area contributed by atoms with Crippen molar-refractivity contribution in [1.82, 2.24) is 0 Å². The summed E-state index contributed by atoms with van der Waals surface area (Å²) in [5.41, 5.74) is 1.19. The highest BCUT2D eigenvalue weighted by Gasteiger charge is 2.02. The van der Waals surface area contributed by atoms with E-state index in [1.54, 1.807) is 0 Å². The van der Waals surface area contributed by atoms with Crippen molar-refractivity contribution < 1.29 is 4.21 Å². The molecule has 19 heavy (non-hydrogen) atoms. The third-order valence-electron chi connectivity index (χ3n) is 3.09. The Kier molecular flexibility index (Phi) is 8.48. The predicted molar refractivity (Wildman–Crippen MR) is 85.8 cm³/mol. The Hall–Kier alpha value is -0.890. The van der Waals surface area contributed by atoms with E-state index in [1.165, 1.54) is 31.2 Å². The van der Waals surface area contributed by atoms with Crippen molar-refractivity contribution in [2.75, 3.05) is 5.75 Å². The predicted octanol–water partition coefficient (Wildman–Crippen LogP) is 5.19. The van der Waals surface area contributed by atoms with Gasteiger partial charge in [-0.15, -0.1) is 0 Å². The van der Waals surface area contributed by atoms with Crippen molar-refractivity contribution >= 4 is 16.9 Å². The molecule has 0 fully saturated rings. The Morgan fingerprint density at radius 3 is 2.37 bits per heavy atom. The standard InChI is InChI=1S/C17H26OS/c1-3-5-7-9-15-19(18)17-13-11-16(12-14-17)10-8-6-4-2/h8,10-14H,3-7,9,15H2,1-2H3/b10-8+. The fourth-order valence-electron chi connectivity index (χ4n) is 1.89. The normalized spacial score (nSPS) is 12.9. The molecule has 1 nitrogen and oxygen atoms in total. The molecule has 0 spiro atoms. The van der Waals surface area contributed by atoms with Crippen molar-refractivity contribution in [3.8, 4) is 0 Å². The van der Waals surface area contributed by atoms with E-state index in [0.717, 1.165) is 23.5 Å². The highest BCUT2D eigenvalue weighted by atomic mass is 32.2. The van der Waals surface area contributed by atoms with Crippen molar-refractivity contribution in [2.45, 2.75) is 57.3 Å². The zero-order valence-electron chi connectivity index (χ0n) is 12.2. The minimum absolute atomic E-state index is 0.797. The minimum Gasteiger partial charge on any atom is -0.254 e. The summed E-state index contributed by atoms with van der Waals surface area (Å²) in [6.07, 6.45) is 11.4. The topological polar surface area (TPSA) is 17.1 Å². The largest absolute Gasteiger partial charge is 0.254 e. The van der Waals surface area contributed by atoms with Gasteiger partial charge in [0, 0.05) is 10.6 Å². The molecule has 1 rings (SSSR count). The SMILES string of the molecule is CCC/C=C/c1ccc(S(=O)CCCCCC)cc1. The molecule has 1 unspecified atom stereocenters. The lowest BCUT2D eigenvalue weighted by molar-refractivity contribution is 0.668. The number of hydrogen-bond acceptors (Lipinski definition) is 1. The number of rotatable bonds is 9. The number of hydrogen-bond donors (Lipinski definition) is 0. The average molecular weight is 278 g/mol. The number of allylic oxidation sites excluding steroid dienone is 1. The van der Waals surface area contributed by atoms with Gasteiger partial charge in [0.1, 0.15) is 0 Å². The second-order valence-electron chi connectivity index (χ2n) is 4.87. The van der Waals surface area contributed by atoms with Crippen LogP contribution in [-0.2, 0) is 10.8 Å². The summed E-state index contributed by atoms with van der Waals surface area (Å²) in [5.74, 6) is 0.797. The summed E-state index contributed by atoms with van der Waals surface area (Å²) in [6.45, 7) is 4.37. The molecule has 0 saturated carbocycles. The van der Waals surface area contributed by atoms with Gasteiger partial charge in [-0.05, 0) is 30.5 Å². The van der Waals surface area contributed by atoms with Gasteiger partial charge in [-0.1, -0.05) is 63.8 Å². The van der Waals surface area contributed by atoms with Crippen molar-refractivity contribution in [3.05, 3.63) is 35.9 Å². The Labute approximate surface area is 120 Å². The van der Waals surface area contributed by atoms with Crippen molar-refractivity contribution in [2.24, 2.45) is 0 Å². The molecule has 0 radical (unpaired) electrons. The van der Waals surface area contributed by atoms with Gasteiger partial charge in [0.05, 0.1) is 10.8 Å². The van der Waals surface area contributed by atoms with Crippen LogP contribution >= 0.6 is 0 Å². The van der Waals surface area contributed by atoms with Gasteiger partial charge in [0.2, 0.25) is 0 Å². The Morgan fingerprint density at radius 2 is 1.74 bits per heavy atom. The van der Waals surface area contributed by atoms with Crippen LogP contribution < -0.4 is 0 Å². The smallest absolute Gasteiger partial charge is 0.0529 e. The number of unbranched alkanes of at least 4 members (excludes halogenated alkanes) is 4. The van der Waals surface area contributed by atoms with E-state index in [0.29, 0.717) is 0 Å². The highest BCUT2D eigenvalue weighted by Crippen LogP contribution is 2.12.